The molecule has 1 aromatic rings. The molecule has 9 heteroatoms. The Morgan fingerprint density at radius 3 is 2.79 bits per heavy atom. The van der Waals surface area contributed by atoms with Crippen molar-refractivity contribution in [1.82, 2.24) is 4.90 Å². The van der Waals surface area contributed by atoms with Gasteiger partial charge in [0.2, 0.25) is 6.79 Å². The number of fused-ring (bicyclic) bond motifs is 1. The predicted octanol–water partition coefficient (Wildman–Crippen LogP) is 1.40. The van der Waals surface area contributed by atoms with E-state index in [0.29, 0.717) is 30.9 Å². The lowest BCUT2D eigenvalue weighted by Crippen LogP contribution is -2.43. The van der Waals surface area contributed by atoms with Crippen LogP contribution in [0, 0.1) is 0 Å². The fourth-order valence-electron chi connectivity index (χ4n) is 3.22. The smallest absolute Gasteiger partial charge is 0.331 e. The number of hydrogen-bond acceptors (Lipinski definition) is 7. The number of carbonyl (C=O) groups is 2. The maximum Gasteiger partial charge on any atom is 0.331 e. The maximum absolute atomic E-state index is 12.4. The summed E-state index contributed by atoms with van der Waals surface area (Å²) >= 11 is 0. The lowest BCUT2D eigenvalue weighted by molar-refractivity contribution is -0.149. The van der Waals surface area contributed by atoms with Crippen molar-refractivity contribution in [2.75, 3.05) is 31.5 Å². The zero-order chi connectivity index (χ0) is 20.1. The van der Waals surface area contributed by atoms with Crippen LogP contribution in [-0.4, -0.2) is 62.7 Å². The molecule has 0 spiro atoms. The molecule has 2 aliphatic heterocycles. The standard InChI is InChI=1S/C19H23NO7S/c1-2-8-20(15-7-9-28(23,24)12-15)18(21)11-25-19(22)6-4-14-3-5-16-17(10-14)27-13-26-16/h3-6,10,15H,2,7-9,11-13H2,1H3/b6-4+/t15-/m0/s1. The van der Waals surface area contributed by atoms with Gasteiger partial charge in [-0.1, -0.05) is 13.0 Å². The molecule has 1 atom stereocenters. The van der Waals surface area contributed by atoms with Gasteiger partial charge >= 0.3 is 5.97 Å². The molecule has 152 valence electrons. The van der Waals surface area contributed by atoms with E-state index in [0.717, 1.165) is 5.56 Å². The van der Waals surface area contributed by atoms with Crippen molar-refractivity contribution in [3.05, 3.63) is 29.8 Å². The zero-order valence-corrected chi connectivity index (χ0v) is 16.4. The number of rotatable bonds is 7. The molecule has 3 rings (SSSR count). The van der Waals surface area contributed by atoms with Crippen molar-refractivity contribution in [3.8, 4) is 11.5 Å². The van der Waals surface area contributed by atoms with E-state index in [1.165, 1.54) is 11.0 Å². The van der Waals surface area contributed by atoms with Crippen LogP contribution in [0.15, 0.2) is 24.3 Å². The molecule has 8 nitrogen and oxygen atoms in total. The summed E-state index contributed by atoms with van der Waals surface area (Å²) in [6, 6.07) is 4.90. The minimum atomic E-state index is -3.10. The van der Waals surface area contributed by atoms with Gasteiger partial charge in [0.1, 0.15) is 0 Å². The Hall–Kier alpha value is -2.55. The zero-order valence-electron chi connectivity index (χ0n) is 15.6. The van der Waals surface area contributed by atoms with Crippen LogP contribution in [-0.2, 0) is 24.2 Å². The van der Waals surface area contributed by atoms with Gasteiger partial charge < -0.3 is 19.1 Å². The first-order valence-corrected chi connectivity index (χ1v) is 10.9. The summed E-state index contributed by atoms with van der Waals surface area (Å²) in [7, 11) is -3.10. The van der Waals surface area contributed by atoms with Crippen molar-refractivity contribution < 1.29 is 32.2 Å². The number of benzene rings is 1. The summed E-state index contributed by atoms with van der Waals surface area (Å²) in [5.41, 5.74) is 0.733. The lowest BCUT2D eigenvalue weighted by atomic mass is 10.2. The molecule has 28 heavy (non-hydrogen) atoms. The van der Waals surface area contributed by atoms with E-state index in [1.807, 2.05) is 6.92 Å². The van der Waals surface area contributed by atoms with Gasteiger partial charge in [0.25, 0.3) is 5.91 Å². The molecule has 1 amide bonds. The highest BCUT2D eigenvalue weighted by atomic mass is 32.2. The highest BCUT2D eigenvalue weighted by molar-refractivity contribution is 7.91. The van der Waals surface area contributed by atoms with Gasteiger partial charge in [-0.2, -0.15) is 0 Å². The molecular formula is C19H23NO7S. The van der Waals surface area contributed by atoms with E-state index in [2.05, 4.69) is 0 Å². The number of hydrogen-bond donors (Lipinski definition) is 0. The Kier molecular flexibility index (Phi) is 6.23. The van der Waals surface area contributed by atoms with E-state index in [9.17, 15) is 18.0 Å². The molecule has 2 aliphatic rings. The monoisotopic (exact) mass is 409 g/mol. The van der Waals surface area contributed by atoms with Crippen LogP contribution in [0.5, 0.6) is 11.5 Å². The van der Waals surface area contributed by atoms with Crippen molar-refractivity contribution >= 4 is 27.8 Å². The first-order valence-electron chi connectivity index (χ1n) is 9.12. The number of nitrogens with zero attached hydrogens (tertiary/aromatic N) is 1. The van der Waals surface area contributed by atoms with Gasteiger partial charge in [-0.25, -0.2) is 13.2 Å². The minimum Gasteiger partial charge on any atom is -0.454 e. The van der Waals surface area contributed by atoms with Crippen LogP contribution in [0.2, 0.25) is 0 Å². The van der Waals surface area contributed by atoms with Crippen molar-refractivity contribution in [2.45, 2.75) is 25.8 Å². The number of carbonyl (C=O) groups excluding carboxylic acids is 2. The second kappa shape index (κ2) is 8.64. The third kappa shape index (κ3) is 5.03. The second-order valence-electron chi connectivity index (χ2n) is 6.70. The quantitative estimate of drug-likeness (QED) is 0.496. The largest absolute Gasteiger partial charge is 0.454 e. The average molecular weight is 409 g/mol. The summed E-state index contributed by atoms with van der Waals surface area (Å²) < 4.78 is 38.9. The predicted molar refractivity (Wildman–Crippen MR) is 102 cm³/mol. The molecule has 2 heterocycles. The topological polar surface area (TPSA) is 99.2 Å². The molecule has 1 aromatic carbocycles. The average Bonchev–Trinajstić information content (AvgIpc) is 3.27. The molecule has 0 bridgehead atoms. The van der Waals surface area contributed by atoms with E-state index in [4.69, 9.17) is 14.2 Å². The van der Waals surface area contributed by atoms with Gasteiger partial charge in [-0.05, 0) is 36.6 Å². The Balaban J connectivity index is 1.53. The molecule has 0 radical (unpaired) electrons. The normalized spacial score (nSPS) is 19.7. The van der Waals surface area contributed by atoms with Crippen LogP contribution in [0.3, 0.4) is 0 Å². The Morgan fingerprint density at radius 2 is 2.07 bits per heavy atom. The Morgan fingerprint density at radius 1 is 1.29 bits per heavy atom. The molecule has 0 unspecified atom stereocenters. The van der Waals surface area contributed by atoms with Gasteiger partial charge in [0.05, 0.1) is 11.5 Å². The highest BCUT2D eigenvalue weighted by Crippen LogP contribution is 2.32. The first-order chi connectivity index (χ1) is 13.4. The fraction of sp³-hybridized carbons (Fsp3) is 0.474. The molecule has 0 saturated carbocycles. The number of sulfone groups is 1. The molecular weight excluding hydrogens is 386 g/mol. The second-order valence-corrected chi connectivity index (χ2v) is 8.93. The summed E-state index contributed by atoms with van der Waals surface area (Å²) in [6.45, 7) is 2.09. The van der Waals surface area contributed by atoms with Crippen LogP contribution in [0.1, 0.15) is 25.3 Å². The number of esters is 1. The lowest BCUT2D eigenvalue weighted by Gasteiger charge is -2.27. The molecule has 1 fully saturated rings. The van der Waals surface area contributed by atoms with Crippen LogP contribution < -0.4 is 9.47 Å². The highest BCUT2D eigenvalue weighted by Gasteiger charge is 2.34. The summed E-state index contributed by atoms with van der Waals surface area (Å²) in [5, 5.41) is 0. The van der Waals surface area contributed by atoms with Crippen LogP contribution >= 0.6 is 0 Å². The summed E-state index contributed by atoms with van der Waals surface area (Å²) in [6.07, 6.45) is 3.91. The minimum absolute atomic E-state index is 0.0310. The molecule has 1 saturated heterocycles. The third-order valence-electron chi connectivity index (χ3n) is 4.58. The van der Waals surface area contributed by atoms with Gasteiger partial charge in [0.15, 0.2) is 27.9 Å². The first kappa shape index (κ1) is 20.2. The van der Waals surface area contributed by atoms with E-state index >= 15 is 0 Å². The van der Waals surface area contributed by atoms with E-state index in [-0.39, 0.29) is 30.2 Å². The van der Waals surface area contributed by atoms with Crippen LogP contribution in [0.4, 0.5) is 0 Å². The summed E-state index contributed by atoms with van der Waals surface area (Å²) in [5.74, 6) is 0.276. The van der Waals surface area contributed by atoms with E-state index in [1.54, 1.807) is 24.3 Å². The van der Waals surface area contributed by atoms with Crippen LogP contribution in [0.25, 0.3) is 6.08 Å². The molecule has 0 N–H and O–H groups in total. The molecule has 0 aromatic heterocycles. The van der Waals surface area contributed by atoms with Crippen molar-refractivity contribution in [1.29, 1.82) is 0 Å². The van der Waals surface area contributed by atoms with Gasteiger partial charge in [-0.15, -0.1) is 0 Å². The summed E-state index contributed by atoms with van der Waals surface area (Å²) in [4.78, 5) is 25.9. The van der Waals surface area contributed by atoms with Gasteiger partial charge in [0, 0.05) is 18.7 Å². The van der Waals surface area contributed by atoms with Gasteiger partial charge in [-0.3, -0.25) is 4.79 Å². The van der Waals surface area contributed by atoms with Crippen molar-refractivity contribution in [3.63, 3.8) is 0 Å². The number of amides is 1. The fourth-order valence-corrected chi connectivity index (χ4v) is 4.95. The molecule has 0 aliphatic carbocycles. The SMILES string of the molecule is CCCN(C(=O)COC(=O)/C=C/c1ccc2c(c1)OCO2)[C@H]1CCS(=O)(=O)C1. The Labute approximate surface area is 164 Å². The van der Waals surface area contributed by atoms with Crippen molar-refractivity contribution in [2.24, 2.45) is 0 Å². The number of ether oxygens (including phenoxy) is 3. The third-order valence-corrected chi connectivity index (χ3v) is 6.33. The Bertz CT molecular complexity index is 878. The van der Waals surface area contributed by atoms with E-state index < -0.39 is 22.4 Å². The maximum atomic E-state index is 12.4.